The van der Waals surface area contributed by atoms with Crippen LogP contribution in [0.4, 0.5) is 20.5 Å². The number of halogens is 2. The van der Waals surface area contributed by atoms with Gasteiger partial charge in [-0.05, 0) is 23.1 Å². The van der Waals surface area contributed by atoms with E-state index in [1.165, 1.54) is 11.3 Å². The molecule has 0 radical (unpaired) electrons. The third-order valence-electron chi connectivity index (χ3n) is 4.69. The van der Waals surface area contributed by atoms with Crippen molar-refractivity contribution in [1.82, 2.24) is 9.97 Å². The highest BCUT2D eigenvalue weighted by Gasteiger charge is 2.29. The van der Waals surface area contributed by atoms with Gasteiger partial charge in [-0.3, -0.25) is 0 Å². The zero-order chi connectivity index (χ0) is 20.6. The Labute approximate surface area is 170 Å². The molecule has 0 bridgehead atoms. The lowest BCUT2D eigenvalue weighted by atomic mass is 10.2. The summed E-state index contributed by atoms with van der Waals surface area (Å²) in [6.45, 7) is -0.912. The maximum Gasteiger partial charge on any atom is 0.276 e. The molecule has 3 heterocycles. The van der Waals surface area contributed by atoms with E-state index in [1.54, 1.807) is 40.6 Å². The standard InChI is InChI=1S/C18H19F2N5O2S2/c19-18(20,10-21)11-22-16-15-13(5-7-28-15)23-17(24-16)25-6-8-29(26,27)14-4-2-1-3-12(14)9-25/h1-5,7H,6,8-11,21H2,(H,22,23,24). The third-order valence-corrected chi connectivity index (χ3v) is 7.39. The Bertz CT molecular complexity index is 1150. The highest BCUT2D eigenvalue weighted by molar-refractivity contribution is 7.91. The van der Waals surface area contributed by atoms with Gasteiger partial charge in [0.15, 0.2) is 9.84 Å². The van der Waals surface area contributed by atoms with Crippen LogP contribution in [-0.2, 0) is 16.4 Å². The number of fused-ring (bicyclic) bond motifs is 2. The zero-order valence-electron chi connectivity index (χ0n) is 15.3. The van der Waals surface area contributed by atoms with Crippen molar-refractivity contribution in [3.63, 3.8) is 0 Å². The maximum absolute atomic E-state index is 13.6. The second-order valence-electron chi connectivity index (χ2n) is 6.77. The number of alkyl halides is 2. The number of nitrogens with zero attached hydrogens (tertiary/aromatic N) is 3. The average molecular weight is 440 g/mol. The van der Waals surface area contributed by atoms with E-state index in [0.717, 1.165) is 0 Å². The van der Waals surface area contributed by atoms with E-state index in [2.05, 4.69) is 15.3 Å². The van der Waals surface area contributed by atoms with Crippen LogP contribution in [0.25, 0.3) is 10.2 Å². The second kappa shape index (κ2) is 7.47. The summed E-state index contributed by atoms with van der Waals surface area (Å²) in [7, 11) is -3.42. The number of nitrogens with two attached hydrogens (primary N) is 1. The first-order valence-corrected chi connectivity index (χ1v) is 11.4. The first kappa shape index (κ1) is 19.9. The van der Waals surface area contributed by atoms with Crippen molar-refractivity contribution in [3.8, 4) is 0 Å². The van der Waals surface area contributed by atoms with Crippen LogP contribution in [0.3, 0.4) is 0 Å². The molecule has 0 atom stereocenters. The Kier molecular flexibility index (Phi) is 5.13. The topological polar surface area (TPSA) is 101 Å². The third kappa shape index (κ3) is 4.02. The quantitative estimate of drug-likeness (QED) is 0.630. The predicted molar refractivity (Wildman–Crippen MR) is 109 cm³/mol. The normalized spacial score (nSPS) is 16.4. The summed E-state index contributed by atoms with van der Waals surface area (Å²) in [4.78, 5) is 11.0. The summed E-state index contributed by atoms with van der Waals surface area (Å²) in [6, 6.07) is 8.61. The van der Waals surface area contributed by atoms with E-state index in [9.17, 15) is 17.2 Å². The smallest absolute Gasteiger partial charge is 0.276 e. The lowest BCUT2D eigenvalue weighted by Crippen LogP contribution is -2.35. The number of aromatic nitrogens is 2. The van der Waals surface area contributed by atoms with Crippen molar-refractivity contribution in [2.75, 3.05) is 35.6 Å². The second-order valence-corrected chi connectivity index (χ2v) is 9.76. The molecule has 11 heteroatoms. The van der Waals surface area contributed by atoms with Crippen molar-refractivity contribution < 1.29 is 17.2 Å². The van der Waals surface area contributed by atoms with Crippen LogP contribution in [0.1, 0.15) is 5.56 Å². The molecule has 1 aromatic carbocycles. The minimum atomic E-state index is -3.42. The Hall–Kier alpha value is -2.37. The van der Waals surface area contributed by atoms with Crippen LogP contribution in [0.15, 0.2) is 40.6 Å². The number of anilines is 2. The van der Waals surface area contributed by atoms with E-state index in [-0.39, 0.29) is 18.1 Å². The molecule has 2 aromatic heterocycles. The van der Waals surface area contributed by atoms with Crippen LogP contribution in [0.2, 0.25) is 0 Å². The van der Waals surface area contributed by atoms with Crippen LogP contribution < -0.4 is 16.0 Å². The molecule has 1 aliphatic rings. The number of rotatable bonds is 5. The van der Waals surface area contributed by atoms with E-state index in [4.69, 9.17) is 5.73 Å². The summed E-state index contributed by atoms with van der Waals surface area (Å²) < 4.78 is 53.1. The van der Waals surface area contributed by atoms with E-state index in [1.807, 2.05) is 0 Å². The number of hydrogen-bond acceptors (Lipinski definition) is 8. The maximum atomic E-state index is 13.6. The molecule has 0 amide bonds. The summed E-state index contributed by atoms with van der Waals surface area (Å²) in [5.74, 6) is -2.57. The van der Waals surface area contributed by atoms with Crippen molar-refractivity contribution in [1.29, 1.82) is 0 Å². The number of thiophene rings is 1. The molecule has 0 unspecified atom stereocenters. The van der Waals surface area contributed by atoms with Gasteiger partial charge < -0.3 is 16.0 Å². The Morgan fingerprint density at radius 1 is 1.24 bits per heavy atom. The highest BCUT2D eigenvalue weighted by atomic mass is 32.2. The van der Waals surface area contributed by atoms with Crippen molar-refractivity contribution >= 4 is 43.2 Å². The number of sulfone groups is 1. The number of benzene rings is 1. The van der Waals surface area contributed by atoms with Crippen LogP contribution >= 0.6 is 11.3 Å². The lowest BCUT2D eigenvalue weighted by molar-refractivity contribution is 0.0253. The molecule has 0 saturated carbocycles. The SMILES string of the molecule is NCC(F)(F)CNc1nc(N2CCS(=O)(=O)c3ccccc3C2)nc2ccsc12. The molecule has 0 aliphatic carbocycles. The van der Waals surface area contributed by atoms with Crippen molar-refractivity contribution in [3.05, 3.63) is 41.3 Å². The summed E-state index contributed by atoms with van der Waals surface area (Å²) in [6.07, 6.45) is 0. The molecule has 1 aliphatic heterocycles. The molecular formula is C18H19F2N5O2S2. The van der Waals surface area contributed by atoms with Crippen molar-refractivity contribution in [2.45, 2.75) is 17.4 Å². The Morgan fingerprint density at radius 3 is 2.83 bits per heavy atom. The first-order valence-electron chi connectivity index (χ1n) is 8.92. The fourth-order valence-corrected chi connectivity index (χ4v) is 5.43. The molecule has 4 rings (SSSR count). The van der Waals surface area contributed by atoms with Gasteiger partial charge in [-0.25, -0.2) is 22.2 Å². The largest absolute Gasteiger partial charge is 0.363 e. The first-order chi connectivity index (χ1) is 13.8. The highest BCUT2D eigenvalue weighted by Crippen LogP contribution is 2.31. The Balaban J connectivity index is 1.71. The van der Waals surface area contributed by atoms with Gasteiger partial charge in [-0.1, -0.05) is 18.2 Å². The van der Waals surface area contributed by atoms with Gasteiger partial charge in [-0.2, -0.15) is 4.98 Å². The zero-order valence-corrected chi connectivity index (χ0v) is 16.9. The summed E-state index contributed by atoms with van der Waals surface area (Å²) in [5, 5.41) is 4.48. The van der Waals surface area contributed by atoms with E-state index >= 15 is 0 Å². The minimum absolute atomic E-state index is 0.0803. The van der Waals surface area contributed by atoms with Gasteiger partial charge in [0.1, 0.15) is 5.82 Å². The molecule has 29 heavy (non-hydrogen) atoms. The van der Waals surface area contributed by atoms with Gasteiger partial charge in [0.05, 0.1) is 34.0 Å². The van der Waals surface area contributed by atoms with Gasteiger partial charge in [0.2, 0.25) is 5.95 Å². The Morgan fingerprint density at radius 2 is 2.03 bits per heavy atom. The fourth-order valence-electron chi connectivity index (χ4n) is 3.13. The monoisotopic (exact) mass is 439 g/mol. The summed E-state index contributed by atoms with van der Waals surface area (Å²) >= 11 is 1.34. The summed E-state index contributed by atoms with van der Waals surface area (Å²) in [5.41, 5.74) is 6.38. The molecule has 3 aromatic rings. The van der Waals surface area contributed by atoms with Crippen molar-refractivity contribution in [2.24, 2.45) is 5.73 Å². The van der Waals surface area contributed by atoms with Crippen LogP contribution in [-0.4, -0.2) is 49.7 Å². The molecule has 3 N–H and O–H groups in total. The number of nitrogens with one attached hydrogen (secondary N) is 1. The molecule has 154 valence electrons. The van der Waals surface area contributed by atoms with E-state index in [0.29, 0.717) is 33.2 Å². The minimum Gasteiger partial charge on any atom is -0.363 e. The molecule has 0 saturated heterocycles. The molecule has 0 fully saturated rings. The van der Waals surface area contributed by atoms with Gasteiger partial charge in [-0.15, -0.1) is 11.3 Å². The molecular weight excluding hydrogens is 420 g/mol. The van der Waals surface area contributed by atoms with Crippen LogP contribution in [0.5, 0.6) is 0 Å². The van der Waals surface area contributed by atoms with Gasteiger partial charge >= 0.3 is 0 Å². The van der Waals surface area contributed by atoms with Gasteiger partial charge in [0.25, 0.3) is 5.92 Å². The molecule has 7 nitrogen and oxygen atoms in total. The fraction of sp³-hybridized carbons (Fsp3) is 0.333. The lowest BCUT2D eigenvalue weighted by Gasteiger charge is -2.22. The predicted octanol–water partition coefficient (Wildman–Crippen LogP) is 2.49. The molecule has 0 spiro atoms. The van der Waals surface area contributed by atoms with E-state index < -0.39 is 28.8 Å². The average Bonchev–Trinajstić information content (AvgIpc) is 3.13. The number of hydrogen-bond donors (Lipinski definition) is 2. The van der Waals surface area contributed by atoms with Gasteiger partial charge in [0, 0.05) is 13.1 Å². The van der Waals surface area contributed by atoms with Crippen LogP contribution in [0, 0.1) is 0 Å².